The zero-order chi connectivity index (χ0) is 11.6. The number of hydrogen-bond acceptors (Lipinski definition) is 1. The second kappa shape index (κ2) is 3.27. The van der Waals surface area contributed by atoms with Crippen LogP contribution in [0.2, 0.25) is 0 Å². The van der Waals surface area contributed by atoms with Crippen LogP contribution in [0, 0.1) is 35.0 Å². The van der Waals surface area contributed by atoms with Gasteiger partial charge in [-0.05, 0) is 80.0 Å². The number of hydrogen-bond donors (Lipinski definition) is 1. The highest BCUT2D eigenvalue weighted by Gasteiger charge is 2.60. The summed E-state index contributed by atoms with van der Waals surface area (Å²) in [5.74, 6) is 4.03. The lowest BCUT2D eigenvalue weighted by Gasteiger charge is -2.57. The van der Waals surface area contributed by atoms with Crippen molar-refractivity contribution < 1.29 is 9.90 Å². The van der Waals surface area contributed by atoms with E-state index in [0.717, 1.165) is 29.6 Å². The van der Waals surface area contributed by atoms with E-state index in [0.29, 0.717) is 6.42 Å². The molecule has 0 aromatic carbocycles. The molecule has 0 atom stereocenters. The first kappa shape index (κ1) is 10.4. The molecule has 0 aromatic rings. The Morgan fingerprint density at radius 3 is 1.94 bits per heavy atom. The first-order valence-corrected chi connectivity index (χ1v) is 7.38. The normalized spacial score (nSPS) is 49.3. The molecule has 1 N–H and O–H groups in total. The number of carbonyl (C=O) groups is 1. The molecule has 0 saturated heterocycles. The molecule has 0 spiro atoms. The van der Waals surface area contributed by atoms with E-state index >= 15 is 0 Å². The SMILES string of the molecule is O=C(O)CC1(C2C3CC4CC(C3)CC2C4)CC1. The van der Waals surface area contributed by atoms with Crippen molar-refractivity contribution in [1.82, 2.24) is 0 Å². The Morgan fingerprint density at radius 1 is 1.00 bits per heavy atom. The van der Waals surface area contributed by atoms with Crippen molar-refractivity contribution >= 4 is 5.97 Å². The van der Waals surface area contributed by atoms with E-state index in [1.807, 2.05) is 0 Å². The minimum atomic E-state index is -0.559. The van der Waals surface area contributed by atoms with Crippen molar-refractivity contribution in [1.29, 1.82) is 0 Å². The second-order valence-electron chi connectivity index (χ2n) is 7.39. The maximum Gasteiger partial charge on any atom is 0.303 e. The van der Waals surface area contributed by atoms with Crippen LogP contribution < -0.4 is 0 Å². The van der Waals surface area contributed by atoms with Gasteiger partial charge in [0.1, 0.15) is 0 Å². The Labute approximate surface area is 103 Å². The average molecular weight is 234 g/mol. The van der Waals surface area contributed by atoms with Crippen LogP contribution in [0.1, 0.15) is 51.4 Å². The van der Waals surface area contributed by atoms with Gasteiger partial charge in [-0.3, -0.25) is 4.79 Å². The van der Waals surface area contributed by atoms with E-state index in [4.69, 9.17) is 5.11 Å². The lowest BCUT2D eigenvalue weighted by atomic mass is 9.48. The number of carboxylic acids is 1. The summed E-state index contributed by atoms with van der Waals surface area (Å²) >= 11 is 0. The van der Waals surface area contributed by atoms with Crippen LogP contribution in [0.25, 0.3) is 0 Å². The lowest BCUT2D eigenvalue weighted by molar-refractivity contribution is -0.141. The van der Waals surface area contributed by atoms with Gasteiger partial charge < -0.3 is 5.11 Å². The van der Waals surface area contributed by atoms with E-state index in [9.17, 15) is 4.79 Å². The molecule has 0 aliphatic heterocycles. The highest BCUT2D eigenvalue weighted by atomic mass is 16.4. The molecule has 0 amide bonds. The molecule has 5 saturated carbocycles. The molecule has 0 radical (unpaired) electrons. The van der Waals surface area contributed by atoms with Crippen LogP contribution in [-0.2, 0) is 4.79 Å². The zero-order valence-corrected chi connectivity index (χ0v) is 10.4. The van der Waals surface area contributed by atoms with Gasteiger partial charge in [-0.2, -0.15) is 0 Å². The first-order valence-electron chi connectivity index (χ1n) is 7.38. The fourth-order valence-corrected chi connectivity index (χ4v) is 6.01. The van der Waals surface area contributed by atoms with Crippen molar-refractivity contribution in [3.05, 3.63) is 0 Å². The quantitative estimate of drug-likeness (QED) is 0.813. The molecule has 2 heteroatoms. The summed E-state index contributed by atoms with van der Waals surface area (Å²) in [4.78, 5) is 11.1. The average Bonchev–Trinajstić information content (AvgIpc) is 2.95. The largest absolute Gasteiger partial charge is 0.481 e. The second-order valence-corrected chi connectivity index (χ2v) is 7.39. The van der Waals surface area contributed by atoms with E-state index in [2.05, 4.69) is 0 Å². The summed E-state index contributed by atoms with van der Waals surface area (Å²) in [5.41, 5.74) is 0.244. The molecular weight excluding hydrogens is 212 g/mol. The van der Waals surface area contributed by atoms with E-state index in [1.165, 1.54) is 44.9 Å². The maximum atomic E-state index is 11.1. The number of rotatable bonds is 3. The van der Waals surface area contributed by atoms with Gasteiger partial charge in [-0.1, -0.05) is 0 Å². The summed E-state index contributed by atoms with van der Waals surface area (Å²) in [6, 6.07) is 0. The van der Waals surface area contributed by atoms with E-state index in [-0.39, 0.29) is 5.41 Å². The minimum Gasteiger partial charge on any atom is -0.481 e. The fourth-order valence-electron chi connectivity index (χ4n) is 6.01. The Kier molecular flexibility index (Phi) is 2.00. The summed E-state index contributed by atoms with van der Waals surface area (Å²) in [5, 5.41) is 9.14. The van der Waals surface area contributed by atoms with Gasteiger partial charge in [0.25, 0.3) is 0 Å². The molecule has 0 aromatic heterocycles. The predicted octanol–water partition coefficient (Wildman–Crippen LogP) is 3.31. The molecule has 5 aliphatic rings. The van der Waals surface area contributed by atoms with Crippen molar-refractivity contribution in [3.63, 3.8) is 0 Å². The topological polar surface area (TPSA) is 37.3 Å². The van der Waals surface area contributed by atoms with E-state index < -0.39 is 5.97 Å². The van der Waals surface area contributed by atoms with Gasteiger partial charge >= 0.3 is 5.97 Å². The van der Waals surface area contributed by atoms with Crippen LogP contribution in [0.5, 0.6) is 0 Å². The third kappa shape index (κ3) is 1.49. The van der Waals surface area contributed by atoms with Crippen LogP contribution >= 0.6 is 0 Å². The summed E-state index contributed by atoms with van der Waals surface area (Å²) in [6.07, 6.45) is 10.1. The molecule has 5 fully saturated rings. The molecule has 2 nitrogen and oxygen atoms in total. The van der Waals surface area contributed by atoms with Crippen LogP contribution in [0.4, 0.5) is 0 Å². The summed E-state index contributed by atoms with van der Waals surface area (Å²) in [6.45, 7) is 0. The Balaban J connectivity index is 1.60. The van der Waals surface area contributed by atoms with Gasteiger partial charge in [-0.15, -0.1) is 0 Å². The third-order valence-corrected chi connectivity index (χ3v) is 6.33. The van der Waals surface area contributed by atoms with Gasteiger partial charge in [0, 0.05) is 0 Å². The van der Waals surface area contributed by atoms with Crippen molar-refractivity contribution in [2.24, 2.45) is 35.0 Å². The smallest absolute Gasteiger partial charge is 0.303 e. The maximum absolute atomic E-state index is 11.1. The standard InChI is InChI=1S/C15H22O2/c16-13(17)8-15(1-2-15)14-11-4-9-3-10(6-11)7-12(14)5-9/h9-12,14H,1-8H2,(H,16,17). The molecule has 17 heavy (non-hydrogen) atoms. The summed E-state index contributed by atoms with van der Waals surface area (Å²) < 4.78 is 0. The molecular formula is C15H22O2. The van der Waals surface area contributed by atoms with Gasteiger partial charge in [0.15, 0.2) is 0 Å². The fraction of sp³-hybridized carbons (Fsp3) is 0.933. The monoisotopic (exact) mass is 234 g/mol. The van der Waals surface area contributed by atoms with E-state index in [1.54, 1.807) is 0 Å². The predicted molar refractivity (Wildman–Crippen MR) is 64.5 cm³/mol. The van der Waals surface area contributed by atoms with Crippen LogP contribution in [0.3, 0.4) is 0 Å². The molecule has 0 heterocycles. The highest BCUT2D eigenvalue weighted by molar-refractivity contribution is 5.68. The van der Waals surface area contributed by atoms with Crippen LogP contribution in [0.15, 0.2) is 0 Å². The van der Waals surface area contributed by atoms with Gasteiger partial charge in [-0.25, -0.2) is 0 Å². The lowest BCUT2D eigenvalue weighted by Crippen LogP contribution is -2.48. The third-order valence-electron chi connectivity index (χ3n) is 6.33. The molecule has 4 bridgehead atoms. The minimum absolute atomic E-state index is 0.244. The summed E-state index contributed by atoms with van der Waals surface area (Å²) in [7, 11) is 0. The first-order chi connectivity index (χ1) is 8.16. The van der Waals surface area contributed by atoms with Gasteiger partial charge in [0.2, 0.25) is 0 Å². The zero-order valence-electron chi connectivity index (χ0n) is 10.4. The van der Waals surface area contributed by atoms with Gasteiger partial charge in [0.05, 0.1) is 6.42 Å². The Hall–Kier alpha value is -0.530. The van der Waals surface area contributed by atoms with Crippen LogP contribution in [-0.4, -0.2) is 11.1 Å². The highest BCUT2D eigenvalue weighted by Crippen LogP contribution is 2.68. The molecule has 0 unspecified atom stereocenters. The van der Waals surface area contributed by atoms with Crippen molar-refractivity contribution in [2.45, 2.75) is 51.4 Å². The number of carboxylic acid groups (broad SMARTS) is 1. The van der Waals surface area contributed by atoms with Crippen molar-refractivity contribution in [3.8, 4) is 0 Å². The molecule has 5 aliphatic carbocycles. The Bertz CT molecular complexity index is 328. The molecule has 5 rings (SSSR count). The molecule has 94 valence electrons. The number of aliphatic carboxylic acids is 1. The Morgan fingerprint density at radius 2 is 1.53 bits per heavy atom. The van der Waals surface area contributed by atoms with Crippen molar-refractivity contribution in [2.75, 3.05) is 0 Å².